The maximum atomic E-state index is 13.1. The van der Waals surface area contributed by atoms with E-state index in [0.29, 0.717) is 25.7 Å². The lowest BCUT2D eigenvalue weighted by Crippen LogP contribution is -2.30. The van der Waals surface area contributed by atoms with Gasteiger partial charge < -0.3 is 33.8 Å². The van der Waals surface area contributed by atoms with E-state index < -0.39 is 97.5 Å². The van der Waals surface area contributed by atoms with Gasteiger partial charge in [-0.2, -0.15) is 0 Å². The Morgan fingerprint density at radius 2 is 0.549 bits per heavy atom. The fourth-order valence-electron chi connectivity index (χ4n) is 9.90. The van der Waals surface area contributed by atoms with Crippen molar-refractivity contribution in [3.63, 3.8) is 0 Å². The molecular formula is C83H138O17P2. The summed E-state index contributed by atoms with van der Waals surface area (Å²) in [5.41, 5.74) is 0. The third-order valence-electron chi connectivity index (χ3n) is 15.8. The van der Waals surface area contributed by atoms with E-state index in [1.807, 2.05) is 12.2 Å². The van der Waals surface area contributed by atoms with Gasteiger partial charge in [0, 0.05) is 19.3 Å². The van der Waals surface area contributed by atoms with Crippen molar-refractivity contribution >= 4 is 39.5 Å². The Kier molecular flexibility index (Phi) is 70.5. The number of phosphoric acid groups is 2. The minimum Gasteiger partial charge on any atom is -0.462 e. The number of hydrogen-bond donors (Lipinski definition) is 3. The van der Waals surface area contributed by atoms with Crippen LogP contribution in [0.15, 0.2) is 146 Å². The molecule has 102 heavy (non-hydrogen) atoms. The van der Waals surface area contributed by atoms with E-state index in [2.05, 4.69) is 149 Å². The lowest BCUT2D eigenvalue weighted by atomic mass is 10.1. The summed E-state index contributed by atoms with van der Waals surface area (Å²) < 4.78 is 68.4. The monoisotopic (exact) mass is 1470 g/mol. The number of phosphoric ester groups is 2. The number of esters is 4. The Labute approximate surface area is 617 Å². The van der Waals surface area contributed by atoms with Crippen LogP contribution in [0.1, 0.15) is 297 Å². The molecule has 0 radical (unpaired) electrons. The third-order valence-corrected chi connectivity index (χ3v) is 17.7. The first-order chi connectivity index (χ1) is 49.7. The van der Waals surface area contributed by atoms with Gasteiger partial charge in [0.1, 0.15) is 19.3 Å². The molecule has 0 aromatic heterocycles. The molecule has 0 heterocycles. The molecule has 0 rings (SSSR count). The summed E-state index contributed by atoms with van der Waals surface area (Å²) in [6, 6.07) is 0. The summed E-state index contributed by atoms with van der Waals surface area (Å²) in [4.78, 5) is 72.9. The second kappa shape index (κ2) is 74.2. The van der Waals surface area contributed by atoms with E-state index in [1.54, 1.807) is 12.2 Å². The molecule has 5 atom stereocenters. The molecule has 0 bridgehead atoms. The molecule has 0 saturated heterocycles. The summed E-state index contributed by atoms with van der Waals surface area (Å²) >= 11 is 0. The highest BCUT2D eigenvalue weighted by Crippen LogP contribution is 2.45. The van der Waals surface area contributed by atoms with Crippen molar-refractivity contribution < 1.29 is 80.2 Å². The first kappa shape index (κ1) is 96.9. The quantitative estimate of drug-likeness (QED) is 0.0169. The zero-order valence-electron chi connectivity index (χ0n) is 63.5. The van der Waals surface area contributed by atoms with Crippen molar-refractivity contribution in [3.8, 4) is 0 Å². The molecule has 582 valence electrons. The zero-order chi connectivity index (χ0) is 74.6. The maximum Gasteiger partial charge on any atom is 0.472 e. The Hall–Kier alpha value is -5.06. The van der Waals surface area contributed by atoms with Gasteiger partial charge >= 0.3 is 39.5 Å². The molecule has 5 unspecified atom stereocenters. The molecule has 0 saturated carbocycles. The molecule has 0 aromatic carbocycles. The average molecular weight is 1470 g/mol. The van der Waals surface area contributed by atoms with Crippen LogP contribution in [0, 0.1) is 0 Å². The van der Waals surface area contributed by atoms with Crippen LogP contribution < -0.4 is 0 Å². The molecule has 3 N–H and O–H groups in total. The predicted molar refractivity (Wildman–Crippen MR) is 417 cm³/mol. The molecular weight excluding hydrogens is 1330 g/mol. The summed E-state index contributed by atoms with van der Waals surface area (Å²) in [6.07, 6.45) is 84.3. The predicted octanol–water partition coefficient (Wildman–Crippen LogP) is 22.7. The molecule has 0 aliphatic carbocycles. The number of aliphatic hydroxyl groups excluding tert-OH is 1. The highest BCUT2D eigenvalue weighted by Gasteiger charge is 2.30. The minimum absolute atomic E-state index is 0.0762. The second-order valence-electron chi connectivity index (χ2n) is 25.5. The third kappa shape index (κ3) is 73.3. The van der Waals surface area contributed by atoms with E-state index in [9.17, 15) is 43.2 Å². The second-order valence-corrected chi connectivity index (χ2v) is 28.5. The SMILES string of the molecule is CC/C=C\C/C=C\C/C=C\C/C=C\C/C=C\CC(=O)OC(COC(=O)CCCCCC/C=C\C/C=C\C/C=C\C/C=C\CC)COP(=O)(O)OCC(O)COP(=O)(O)OCC(COC(=O)CCCCCCC/C=C\C/C=C\CCCCC)OC(=O)CCCCCCC/C=C\CCCCCCCC. The van der Waals surface area contributed by atoms with Crippen molar-refractivity contribution in [2.24, 2.45) is 0 Å². The van der Waals surface area contributed by atoms with Crippen molar-refractivity contribution in [2.75, 3.05) is 39.6 Å². The molecule has 17 nitrogen and oxygen atoms in total. The average Bonchev–Trinajstić information content (AvgIpc) is 0.919. The highest BCUT2D eigenvalue weighted by molar-refractivity contribution is 7.47. The van der Waals surface area contributed by atoms with Crippen LogP contribution in [-0.4, -0.2) is 96.7 Å². The number of carbonyl (C=O) groups excluding carboxylic acids is 4. The van der Waals surface area contributed by atoms with Gasteiger partial charge in [-0.25, -0.2) is 9.13 Å². The number of allylic oxidation sites excluding steroid dienone is 23. The lowest BCUT2D eigenvalue weighted by molar-refractivity contribution is -0.161. The summed E-state index contributed by atoms with van der Waals surface area (Å²) in [5, 5.41) is 10.6. The maximum absolute atomic E-state index is 13.1. The molecule has 0 aromatic rings. The normalized spacial score (nSPS) is 14.7. The Balaban J connectivity index is 5.47. The van der Waals surface area contributed by atoms with Crippen molar-refractivity contribution in [1.29, 1.82) is 0 Å². The van der Waals surface area contributed by atoms with Crippen LogP contribution >= 0.6 is 15.6 Å². The van der Waals surface area contributed by atoms with Crippen LogP contribution in [0.25, 0.3) is 0 Å². The van der Waals surface area contributed by atoms with Crippen LogP contribution in [-0.2, 0) is 65.4 Å². The van der Waals surface area contributed by atoms with E-state index in [-0.39, 0.29) is 25.7 Å². The van der Waals surface area contributed by atoms with Gasteiger partial charge in [0.05, 0.1) is 32.8 Å². The van der Waals surface area contributed by atoms with Gasteiger partial charge in [-0.15, -0.1) is 0 Å². The Morgan fingerprint density at radius 1 is 0.294 bits per heavy atom. The topological polar surface area (TPSA) is 237 Å². The van der Waals surface area contributed by atoms with Crippen molar-refractivity contribution in [3.05, 3.63) is 146 Å². The van der Waals surface area contributed by atoms with Gasteiger partial charge in [-0.05, 0) is 148 Å². The number of aliphatic hydroxyl groups is 1. The fraction of sp³-hybridized carbons (Fsp3) is 0.663. The zero-order valence-corrected chi connectivity index (χ0v) is 65.3. The molecule has 0 aliphatic rings. The van der Waals surface area contributed by atoms with E-state index >= 15 is 0 Å². The molecule has 0 fully saturated rings. The first-order valence-electron chi connectivity index (χ1n) is 39.1. The van der Waals surface area contributed by atoms with E-state index in [0.717, 1.165) is 161 Å². The smallest absolute Gasteiger partial charge is 0.462 e. The van der Waals surface area contributed by atoms with Gasteiger partial charge in [-0.3, -0.25) is 37.3 Å². The fourth-order valence-corrected chi connectivity index (χ4v) is 11.5. The standard InChI is InChI=1S/C83H138O17P2/c1-5-9-13-17-21-25-29-33-37-38-42-44-48-52-56-60-64-68-81(86)94-74-79(100-83(88)70-66-62-58-54-50-46-41-36-32-28-24-20-16-12-8-4)76-98-102(91,92)96-72-77(84)71-95-101(89,90)97-75-78(99-82(87)69-65-61-57-53-49-45-40-35-31-27-23-19-15-11-7-3)73-93-80(85)67-63-59-55-51-47-43-39-34-30-26-22-18-14-10-6-2/h9,12-13,16,21-22,24-26,28,33-37,39-42,44,50,54,62,66,77-79,84H,5-8,10-11,14-15,17-20,23,27,29-32,38,43,45-49,51-53,55-61,63-65,67-76H2,1-4H3,(H,89,90)(H,91,92)/b13-9-,16-12-,25-21-,26-22-,28-24-,37-33-,39-34-,40-35-,41-36-,44-42-,54-50-,66-62-. The van der Waals surface area contributed by atoms with Crippen LogP contribution in [0.5, 0.6) is 0 Å². The number of hydrogen-bond acceptors (Lipinski definition) is 15. The van der Waals surface area contributed by atoms with Gasteiger partial charge in [-0.1, -0.05) is 270 Å². The molecule has 0 aliphatic heterocycles. The van der Waals surface area contributed by atoms with Crippen LogP contribution in [0.3, 0.4) is 0 Å². The molecule has 0 amide bonds. The summed E-state index contributed by atoms with van der Waals surface area (Å²) in [7, 11) is -10.0. The molecule has 19 heteroatoms. The number of carbonyl (C=O) groups is 4. The number of ether oxygens (including phenoxy) is 4. The Bertz CT molecular complexity index is 2510. The summed E-state index contributed by atoms with van der Waals surface area (Å²) in [5.74, 6) is -2.38. The van der Waals surface area contributed by atoms with Gasteiger partial charge in [0.2, 0.25) is 0 Å². The van der Waals surface area contributed by atoms with E-state index in [4.69, 9.17) is 37.0 Å². The van der Waals surface area contributed by atoms with Crippen LogP contribution in [0.4, 0.5) is 0 Å². The van der Waals surface area contributed by atoms with Gasteiger partial charge in [0.15, 0.2) is 12.2 Å². The van der Waals surface area contributed by atoms with Gasteiger partial charge in [0.25, 0.3) is 0 Å². The molecule has 0 spiro atoms. The van der Waals surface area contributed by atoms with Crippen molar-refractivity contribution in [1.82, 2.24) is 0 Å². The van der Waals surface area contributed by atoms with Crippen molar-refractivity contribution in [2.45, 2.75) is 316 Å². The Morgan fingerprint density at radius 3 is 0.902 bits per heavy atom. The lowest BCUT2D eigenvalue weighted by Gasteiger charge is -2.21. The summed E-state index contributed by atoms with van der Waals surface area (Å²) in [6.45, 7) is 4.44. The highest BCUT2D eigenvalue weighted by atomic mass is 31.2. The van der Waals surface area contributed by atoms with Crippen LogP contribution in [0.2, 0.25) is 0 Å². The number of rotatable bonds is 72. The first-order valence-corrected chi connectivity index (χ1v) is 42.1. The minimum atomic E-state index is -5.01. The number of unbranched alkanes of at least 4 members (excludes halogenated alkanes) is 23. The largest absolute Gasteiger partial charge is 0.472 e. The van der Waals surface area contributed by atoms with E-state index in [1.165, 1.54) is 57.8 Å².